The number of amides is 1. The number of ether oxygens (including phenoxy) is 1. The highest BCUT2D eigenvalue weighted by Gasteiger charge is 2.31. The van der Waals surface area contributed by atoms with Gasteiger partial charge in [-0.15, -0.1) is 0 Å². The molecule has 190 valence electrons. The lowest BCUT2D eigenvalue weighted by molar-refractivity contribution is -0.134. The van der Waals surface area contributed by atoms with Crippen LogP contribution in [0.15, 0.2) is 40.5 Å². The van der Waals surface area contributed by atoms with Crippen LogP contribution < -0.4 is 15.5 Å². The molecule has 3 rings (SSSR count). The molecule has 1 amide bonds. The SMILES string of the molecule is CC1(CNC(=O)OC(C)(C)C)CCN(c2cnc(Sc3cccc(NCC(=O)O)c3Cl)cn2)CC1. The monoisotopic (exact) mass is 521 g/mol. The third kappa shape index (κ3) is 8.17. The van der Waals surface area contributed by atoms with Crippen LogP contribution in [0.4, 0.5) is 16.3 Å². The number of aliphatic carboxylic acids is 1. The molecule has 0 bridgehead atoms. The molecule has 1 aromatic carbocycles. The number of anilines is 2. The second-order valence-corrected chi connectivity index (χ2v) is 11.3. The fourth-order valence-corrected chi connectivity index (χ4v) is 4.68. The quantitative estimate of drug-likeness (QED) is 0.445. The van der Waals surface area contributed by atoms with Crippen LogP contribution in [0.2, 0.25) is 5.02 Å². The third-order valence-electron chi connectivity index (χ3n) is 5.58. The van der Waals surface area contributed by atoms with E-state index in [0.29, 0.717) is 22.3 Å². The number of aromatic nitrogens is 2. The highest BCUT2D eigenvalue weighted by atomic mass is 35.5. The van der Waals surface area contributed by atoms with Crippen molar-refractivity contribution in [1.29, 1.82) is 0 Å². The van der Waals surface area contributed by atoms with Gasteiger partial charge in [0.1, 0.15) is 23.0 Å². The predicted molar refractivity (Wildman–Crippen MR) is 138 cm³/mol. The van der Waals surface area contributed by atoms with E-state index in [0.717, 1.165) is 36.6 Å². The van der Waals surface area contributed by atoms with Gasteiger partial charge in [0.05, 0.1) is 23.1 Å². The zero-order valence-electron chi connectivity index (χ0n) is 20.4. The van der Waals surface area contributed by atoms with Gasteiger partial charge in [0, 0.05) is 24.5 Å². The molecule has 35 heavy (non-hydrogen) atoms. The smallest absolute Gasteiger partial charge is 0.407 e. The van der Waals surface area contributed by atoms with Crippen molar-refractivity contribution in [1.82, 2.24) is 15.3 Å². The summed E-state index contributed by atoms with van der Waals surface area (Å²) in [4.78, 5) is 34.9. The number of rotatable bonds is 8. The second kappa shape index (κ2) is 11.3. The molecule has 0 atom stereocenters. The van der Waals surface area contributed by atoms with Gasteiger partial charge in [-0.25, -0.2) is 14.8 Å². The van der Waals surface area contributed by atoms with Crippen LogP contribution in [0.3, 0.4) is 0 Å². The maximum Gasteiger partial charge on any atom is 0.407 e. The van der Waals surface area contributed by atoms with Crippen LogP contribution in [0, 0.1) is 5.41 Å². The Morgan fingerprint density at radius 2 is 1.94 bits per heavy atom. The van der Waals surface area contributed by atoms with E-state index < -0.39 is 11.6 Å². The second-order valence-electron chi connectivity index (χ2n) is 9.83. The number of halogens is 1. The van der Waals surface area contributed by atoms with Crippen molar-refractivity contribution >= 4 is 46.9 Å². The van der Waals surface area contributed by atoms with Crippen LogP contribution >= 0.6 is 23.4 Å². The zero-order chi connectivity index (χ0) is 25.6. The summed E-state index contributed by atoms with van der Waals surface area (Å²) in [5.41, 5.74) is 0.0387. The summed E-state index contributed by atoms with van der Waals surface area (Å²) >= 11 is 7.80. The van der Waals surface area contributed by atoms with Gasteiger partial charge in [-0.2, -0.15) is 0 Å². The summed E-state index contributed by atoms with van der Waals surface area (Å²) in [6.07, 6.45) is 4.90. The van der Waals surface area contributed by atoms with Crippen molar-refractivity contribution in [3.8, 4) is 0 Å². The lowest BCUT2D eigenvalue weighted by atomic mass is 9.80. The number of piperidine rings is 1. The van der Waals surface area contributed by atoms with Crippen molar-refractivity contribution < 1.29 is 19.4 Å². The van der Waals surface area contributed by atoms with Crippen molar-refractivity contribution in [3.63, 3.8) is 0 Å². The number of carboxylic acids is 1. The summed E-state index contributed by atoms with van der Waals surface area (Å²) in [5.74, 6) is -0.155. The molecule has 0 unspecified atom stereocenters. The standard InChI is InChI=1S/C24H32ClN5O4S/c1-23(2,3)34-22(33)29-15-24(4)8-10-30(11-9-24)18-12-28-19(13-27-18)35-17-7-5-6-16(21(17)25)26-14-20(31)32/h5-7,12-13,26H,8-11,14-15H2,1-4H3,(H,29,33)(H,31,32). The number of nitrogens with zero attached hydrogens (tertiary/aromatic N) is 3. The number of carbonyl (C=O) groups excluding carboxylic acids is 1. The molecule has 1 aliphatic heterocycles. The molecule has 2 aromatic rings. The van der Waals surface area contributed by atoms with E-state index in [4.69, 9.17) is 21.4 Å². The van der Waals surface area contributed by atoms with Crippen LogP contribution in [-0.4, -0.2) is 58.9 Å². The van der Waals surface area contributed by atoms with Gasteiger partial charge >= 0.3 is 12.1 Å². The maximum absolute atomic E-state index is 12.0. The average molecular weight is 522 g/mol. The minimum Gasteiger partial charge on any atom is -0.480 e. The summed E-state index contributed by atoms with van der Waals surface area (Å²) < 4.78 is 5.34. The summed E-state index contributed by atoms with van der Waals surface area (Å²) in [6.45, 7) is 9.71. The Kier molecular flexibility index (Phi) is 8.71. The van der Waals surface area contributed by atoms with E-state index in [1.807, 2.05) is 32.9 Å². The zero-order valence-corrected chi connectivity index (χ0v) is 22.0. The minimum atomic E-state index is -0.960. The number of hydrogen-bond acceptors (Lipinski definition) is 8. The Hall–Kier alpha value is -2.72. The number of carboxylic acid groups (broad SMARTS) is 1. The molecule has 0 spiro atoms. The Bertz CT molecular complexity index is 1040. The van der Waals surface area contributed by atoms with Crippen molar-refractivity contribution in [2.24, 2.45) is 5.41 Å². The first-order chi connectivity index (χ1) is 16.4. The van der Waals surface area contributed by atoms with Gasteiger partial charge in [0.25, 0.3) is 0 Å². The van der Waals surface area contributed by atoms with Gasteiger partial charge in [0.15, 0.2) is 0 Å². The summed E-state index contributed by atoms with van der Waals surface area (Å²) in [6, 6.07) is 5.39. The Balaban J connectivity index is 1.53. The highest BCUT2D eigenvalue weighted by Crippen LogP contribution is 2.37. The fourth-order valence-electron chi connectivity index (χ4n) is 3.59. The number of nitrogens with one attached hydrogen (secondary N) is 2. The molecule has 3 N–H and O–H groups in total. The van der Waals surface area contributed by atoms with Gasteiger partial charge in [0.2, 0.25) is 0 Å². The summed E-state index contributed by atoms with van der Waals surface area (Å²) in [5, 5.41) is 15.7. The molecule has 2 heterocycles. The average Bonchev–Trinajstić information content (AvgIpc) is 2.78. The molecule has 0 saturated carbocycles. The molecule has 11 heteroatoms. The van der Waals surface area contributed by atoms with E-state index in [1.165, 1.54) is 11.8 Å². The molecular formula is C24H32ClN5O4S. The molecule has 0 aliphatic carbocycles. The Morgan fingerprint density at radius 1 is 1.23 bits per heavy atom. The first-order valence-corrected chi connectivity index (χ1v) is 12.6. The molecule has 0 radical (unpaired) electrons. The molecule has 9 nitrogen and oxygen atoms in total. The molecule has 1 fully saturated rings. The lowest BCUT2D eigenvalue weighted by Crippen LogP contribution is -2.45. The van der Waals surface area contributed by atoms with Crippen molar-refractivity contribution in [2.45, 2.75) is 56.1 Å². The molecule has 1 aromatic heterocycles. The highest BCUT2D eigenvalue weighted by molar-refractivity contribution is 7.99. The first-order valence-electron chi connectivity index (χ1n) is 11.4. The van der Waals surface area contributed by atoms with E-state index in [9.17, 15) is 9.59 Å². The van der Waals surface area contributed by atoms with Crippen molar-refractivity contribution in [2.75, 3.05) is 36.4 Å². The molecule has 1 saturated heterocycles. The summed E-state index contributed by atoms with van der Waals surface area (Å²) in [7, 11) is 0. The maximum atomic E-state index is 12.0. The van der Waals surface area contributed by atoms with Gasteiger partial charge in [-0.1, -0.05) is 36.4 Å². The molecular weight excluding hydrogens is 490 g/mol. The number of alkyl carbamates (subject to hydrolysis) is 1. The third-order valence-corrected chi connectivity index (χ3v) is 7.07. The number of carbonyl (C=O) groups is 2. The van der Waals surface area contributed by atoms with Crippen LogP contribution in [0.1, 0.15) is 40.5 Å². The topological polar surface area (TPSA) is 117 Å². The van der Waals surface area contributed by atoms with E-state index >= 15 is 0 Å². The minimum absolute atomic E-state index is 0.00688. The normalized spacial score (nSPS) is 15.4. The predicted octanol–water partition coefficient (Wildman–Crippen LogP) is 4.91. The number of hydrogen-bond donors (Lipinski definition) is 3. The first kappa shape index (κ1) is 26.9. The van der Waals surface area contributed by atoms with Gasteiger partial charge < -0.3 is 25.4 Å². The van der Waals surface area contributed by atoms with Crippen LogP contribution in [0.5, 0.6) is 0 Å². The van der Waals surface area contributed by atoms with Gasteiger partial charge in [-0.05, 0) is 51.2 Å². The van der Waals surface area contributed by atoms with E-state index in [2.05, 4.69) is 32.4 Å². The van der Waals surface area contributed by atoms with E-state index in [1.54, 1.807) is 18.5 Å². The van der Waals surface area contributed by atoms with Crippen LogP contribution in [0.25, 0.3) is 0 Å². The van der Waals surface area contributed by atoms with E-state index in [-0.39, 0.29) is 18.1 Å². The Morgan fingerprint density at radius 3 is 2.54 bits per heavy atom. The van der Waals surface area contributed by atoms with Gasteiger partial charge in [-0.3, -0.25) is 4.79 Å². The van der Waals surface area contributed by atoms with Crippen molar-refractivity contribution in [3.05, 3.63) is 35.6 Å². The lowest BCUT2D eigenvalue weighted by Gasteiger charge is -2.40. The number of benzene rings is 1. The molecule has 1 aliphatic rings. The Labute approximate surface area is 215 Å². The van der Waals surface area contributed by atoms with Crippen LogP contribution in [-0.2, 0) is 9.53 Å². The fraction of sp³-hybridized carbons (Fsp3) is 0.500. The largest absolute Gasteiger partial charge is 0.480 e.